The van der Waals surface area contributed by atoms with Gasteiger partial charge in [0.25, 0.3) is 0 Å². The molecule has 3 rings (SSSR count). The van der Waals surface area contributed by atoms with Crippen molar-refractivity contribution in [2.45, 2.75) is 26.4 Å². The molecule has 0 spiro atoms. The van der Waals surface area contributed by atoms with Crippen LogP contribution in [0.25, 0.3) is 0 Å². The molecule has 1 saturated heterocycles. The number of rotatable bonds is 8. The van der Waals surface area contributed by atoms with Crippen LogP contribution in [0.5, 0.6) is 0 Å². The summed E-state index contributed by atoms with van der Waals surface area (Å²) in [7, 11) is 0. The lowest BCUT2D eigenvalue weighted by Crippen LogP contribution is -2.48. The molecule has 0 aliphatic carbocycles. The van der Waals surface area contributed by atoms with Gasteiger partial charge in [-0.25, -0.2) is 4.98 Å². The Balaban J connectivity index is 1.30. The zero-order valence-electron chi connectivity index (χ0n) is 16.2. The molecule has 1 fully saturated rings. The number of nitrogens with zero attached hydrogens (tertiary/aromatic N) is 4. The molecule has 1 N–H and O–H groups in total. The minimum atomic E-state index is 0.0892. The predicted octanol–water partition coefficient (Wildman–Crippen LogP) is 2.82. The Bertz CT molecular complexity index is 787. The Hall–Kier alpha value is -1.60. The zero-order valence-corrected chi connectivity index (χ0v) is 17.7. The predicted molar refractivity (Wildman–Crippen MR) is 113 cm³/mol. The molecule has 8 heteroatoms. The highest BCUT2D eigenvalue weighted by molar-refractivity contribution is 6.42. The third kappa shape index (κ3) is 6.21. The van der Waals surface area contributed by atoms with Crippen molar-refractivity contribution in [3.05, 3.63) is 52.0 Å². The molecule has 1 aliphatic rings. The Kier molecular flexibility index (Phi) is 7.73. The number of benzene rings is 1. The van der Waals surface area contributed by atoms with Gasteiger partial charge in [-0.2, -0.15) is 0 Å². The first-order chi connectivity index (χ1) is 13.5. The molecule has 1 aromatic heterocycles. The molecule has 2 aromatic rings. The standard InChI is InChI=1S/C20H27Cl2N5O/c1-16-23-6-9-27(16)7-4-20(28)24-5-8-25-10-12-26(13-11-25)15-17-2-3-18(21)19(22)14-17/h2-3,6,9,14H,4-5,7-8,10-13,15H2,1H3,(H,24,28). The maximum atomic E-state index is 12.0. The molecular formula is C20H27Cl2N5O. The zero-order chi connectivity index (χ0) is 19.9. The quantitative estimate of drug-likeness (QED) is 0.708. The molecule has 152 valence electrons. The van der Waals surface area contributed by atoms with E-state index >= 15 is 0 Å². The average molecular weight is 424 g/mol. The van der Waals surface area contributed by atoms with Gasteiger partial charge in [0.1, 0.15) is 5.82 Å². The molecule has 1 amide bonds. The highest BCUT2D eigenvalue weighted by Gasteiger charge is 2.17. The van der Waals surface area contributed by atoms with Crippen LogP contribution < -0.4 is 5.32 Å². The fraction of sp³-hybridized carbons (Fsp3) is 0.500. The second-order valence-corrected chi connectivity index (χ2v) is 7.95. The van der Waals surface area contributed by atoms with Crippen LogP contribution in [-0.4, -0.2) is 64.5 Å². The van der Waals surface area contributed by atoms with Gasteiger partial charge in [0.15, 0.2) is 0 Å². The average Bonchev–Trinajstić information content (AvgIpc) is 3.09. The van der Waals surface area contributed by atoms with E-state index < -0.39 is 0 Å². The monoisotopic (exact) mass is 423 g/mol. The van der Waals surface area contributed by atoms with Crippen molar-refractivity contribution < 1.29 is 4.79 Å². The van der Waals surface area contributed by atoms with Crippen molar-refractivity contribution in [1.29, 1.82) is 0 Å². The molecule has 6 nitrogen and oxygen atoms in total. The lowest BCUT2D eigenvalue weighted by Gasteiger charge is -2.34. The summed E-state index contributed by atoms with van der Waals surface area (Å²) in [6.07, 6.45) is 4.14. The molecule has 1 aliphatic heterocycles. The summed E-state index contributed by atoms with van der Waals surface area (Å²) in [5.41, 5.74) is 1.18. The summed E-state index contributed by atoms with van der Waals surface area (Å²) in [5, 5.41) is 4.22. The van der Waals surface area contributed by atoms with Crippen molar-refractivity contribution in [3.8, 4) is 0 Å². The van der Waals surface area contributed by atoms with Gasteiger partial charge in [-0.1, -0.05) is 29.3 Å². The summed E-state index contributed by atoms with van der Waals surface area (Å²) in [6, 6.07) is 5.82. The SMILES string of the molecule is Cc1nccn1CCC(=O)NCCN1CCN(Cc2ccc(Cl)c(Cl)c2)CC1. The number of imidazole rings is 1. The number of carbonyl (C=O) groups excluding carboxylic acids is 1. The fourth-order valence-corrected chi connectivity index (χ4v) is 3.69. The van der Waals surface area contributed by atoms with Gasteiger partial charge in [0.2, 0.25) is 5.91 Å². The van der Waals surface area contributed by atoms with E-state index in [1.807, 2.05) is 35.9 Å². The largest absolute Gasteiger partial charge is 0.355 e. The van der Waals surface area contributed by atoms with Crippen LogP contribution in [0, 0.1) is 6.92 Å². The number of aromatic nitrogens is 2. The van der Waals surface area contributed by atoms with Crippen LogP contribution in [-0.2, 0) is 17.9 Å². The fourth-order valence-electron chi connectivity index (χ4n) is 3.37. The van der Waals surface area contributed by atoms with Gasteiger partial charge in [-0.3, -0.25) is 14.6 Å². The number of piperazine rings is 1. The summed E-state index contributed by atoms with van der Waals surface area (Å²) in [4.78, 5) is 21.0. The number of carbonyl (C=O) groups is 1. The first-order valence-corrected chi connectivity index (χ1v) is 10.4. The number of nitrogens with one attached hydrogen (secondary N) is 1. The normalized spacial score (nSPS) is 15.7. The number of hydrogen-bond donors (Lipinski definition) is 1. The number of amides is 1. The summed E-state index contributed by atoms with van der Waals surface area (Å²) in [6.45, 7) is 9.10. The Labute approximate surface area is 176 Å². The van der Waals surface area contributed by atoms with E-state index in [9.17, 15) is 4.79 Å². The summed E-state index contributed by atoms with van der Waals surface area (Å²) >= 11 is 12.1. The molecule has 2 heterocycles. The number of hydrogen-bond acceptors (Lipinski definition) is 4. The van der Waals surface area contributed by atoms with E-state index in [2.05, 4.69) is 20.1 Å². The van der Waals surface area contributed by atoms with Crippen molar-refractivity contribution in [2.75, 3.05) is 39.3 Å². The van der Waals surface area contributed by atoms with E-state index in [1.165, 1.54) is 5.56 Å². The van der Waals surface area contributed by atoms with Crippen LogP contribution >= 0.6 is 23.2 Å². The molecule has 0 radical (unpaired) electrons. The summed E-state index contributed by atoms with van der Waals surface area (Å²) in [5.74, 6) is 1.03. The van der Waals surface area contributed by atoms with Crippen LogP contribution in [0.4, 0.5) is 0 Å². The van der Waals surface area contributed by atoms with Gasteiger partial charge < -0.3 is 9.88 Å². The molecule has 28 heavy (non-hydrogen) atoms. The molecule has 0 unspecified atom stereocenters. The van der Waals surface area contributed by atoms with E-state index in [1.54, 1.807) is 6.20 Å². The highest BCUT2D eigenvalue weighted by atomic mass is 35.5. The van der Waals surface area contributed by atoms with Crippen molar-refractivity contribution >= 4 is 29.1 Å². The molecule has 1 aromatic carbocycles. The molecular weight excluding hydrogens is 397 g/mol. The maximum absolute atomic E-state index is 12.0. The highest BCUT2D eigenvalue weighted by Crippen LogP contribution is 2.23. The lowest BCUT2D eigenvalue weighted by atomic mass is 10.2. The number of halogens is 2. The lowest BCUT2D eigenvalue weighted by molar-refractivity contribution is -0.121. The van der Waals surface area contributed by atoms with E-state index in [0.717, 1.165) is 45.1 Å². The second-order valence-electron chi connectivity index (χ2n) is 7.13. The minimum absolute atomic E-state index is 0.0892. The van der Waals surface area contributed by atoms with Gasteiger partial charge in [-0.15, -0.1) is 0 Å². The smallest absolute Gasteiger partial charge is 0.221 e. The molecule has 0 bridgehead atoms. The molecule has 0 saturated carbocycles. The van der Waals surface area contributed by atoms with Crippen molar-refractivity contribution in [1.82, 2.24) is 24.7 Å². The van der Waals surface area contributed by atoms with E-state index in [-0.39, 0.29) is 5.91 Å². The minimum Gasteiger partial charge on any atom is -0.355 e. The van der Waals surface area contributed by atoms with E-state index in [0.29, 0.717) is 29.6 Å². The van der Waals surface area contributed by atoms with Crippen LogP contribution in [0.1, 0.15) is 17.8 Å². The van der Waals surface area contributed by atoms with Crippen LogP contribution in [0.15, 0.2) is 30.6 Å². The number of aryl methyl sites for hydroxylation is 2. The first-order valence-electron chi connectivity index (χ1n) is 9.64. The van der Waals surface area contributed by atoms with Crippen molar-refractivity contribution in [3.63, 3.8) is 0 Å². The maximum Gasteiger partial charge on any atom is 0.221 e. The third-order valence-corrected chi connectivity index (χ3v) is 5.85. The van der Waals surface area contributed by atoms with E-state index in [4.69, 9.17) is 23.2 Å². The van der Waals surface area contributed by atoms with Crippen LogP contribution in [0.2, 0.25) is 10.0 Å². The van der Waals surface area contributed by atoms with Gasteiger partial charge in [0.05, 0.1) is 10.0 Å². The third-order valence-electron chi connectivity index (χ3n) is 5.11. The van der Waals surface area contributed by atoms with Crippen LogP contribution in [0.3, 0.4) is 0 Å². The Morgan fingerprint density at radius 2 is 1.86 bits per heavy atom. The Morgan fingerprint density at radius 3 is 2.54 bits per heavy atom. The van der Waals surface area contributed by atoms with Gasteiger partial charge in [0, 0.05) is 71.2 Å². The summed E-state index contributed by atoms with van der Waals surface area (Å²) < 4.78 is 1.99. The van der Waals surface area contributed by atoms with Crippen molar-refractivity contribution in [2.24, 2.45) is 0 Å². The van der Waals surface area contributed by atoms with Gasteiger partial charge >= 0.3 is 0 Å². The molecule has 0 atom stereocenters. The second kappa shape index (κ2) is 10.3. The van der Waals surface area contributed by atoms with Gasteiger partial charge in [-0.05, 0) is 24.6 Å². The Morgan fingerprint density at radius 1 is 1.11 bits per heavy atom. The topological polar surface area (TPSA) is 53.4 Å². The first kappa shape index (κ1) is 21.1.